The van der Waals surface area contributed by atoms with Gasteiger partial charge in [0.15, 0.2) is 0 Å². The number of benzene rings is 2. The van der Waals surface area contributed by atoms with Crippen LogP contribution in [0.4, 0.5) is 0 Å². The molecule has 1 atom stereocenters. The normalized spacial score (nSPS) is 16.8. The van der Waals surface area contributed by atoms with Crippen LogP contribution >= 0.6 is 11.6 Å². The number of hydrogen-bond acceptors (Lipinski definition) is 4. The fraction of sp³-hybridized carbons (Fsp3) is 0.250. The van der Waals surface area contributed by atoms with E-state index in [4.69, 9.17) is 16.3 Å². The van der Waals surface area contributed by atoms with Gasteiger partial charge in [-0.15, -0.1) is 0 Å². The Labute approximate surface area is 151 Å². The summed E-state index contributed by atoms with van der Waals surface area (Å²) in [6.45, 7) is 2.97. The molecule has 1 N–H and O–H groups in total. The molecule has 1 fully saturated rings. The molecule has 0 amide bonds. The van der Waals surface area contributed by atoms with E-state index in [1.165, 1.54) is 0 Å². The number of morpholine rings is 1. The number of fused-ring (bicyclic) bond motifs is 1. The molecule has 2 heterocycles. The summed E-state index contributed by atoms with van der Waals surface area (Å²) in [6.07, 6.45) is 1.68. The average molecular weight is 355 g/mol. The van der Waals surface area contributed by atoms with Crippen LogP contribution in [0.2, 0.25) is 5.02 Å². The Morgan fingerprint density at radius 2 is 1.84 bits per heavy atom. The van der Waals surface area contributed by atoms with E-state index in [1.807, 2.05) is 36.4 Å². The van der Waals surface area contributed by atoms with Gasteiger partial charge in [-0.2, -0.15) is 0 Å². The van der Waals surface area contributed by atoms with Crippen molar-refractivity contribution in [2.45, 2.75) is 6.04 Å². The second-order valence-corrected chi connectivity index (χ2v) is 6.56. The maximum Gasteiger partial charge on any atom is 0.147 e. The Balaban J connectivity index is 1.90. The fourth-order valence-electron chi connectivity index (χ4n) is 3.47. The molecule has 0 bridgehead atoms. The maximum absolute atomic E-state index is 11.0. The van der Waals surface area contributed by atoms with Gasteiger partial charge in [0.05, 0.1) is 24.3 Å². The number of phenols is 1. The number of rotatable bonds is 3. The minimum absolute atomic E-state index is 0.0889. The minimum atomic E-state index is -0.0889. The maximum atomic E-state index is 11.0. The molecule has 1 aliphatic rings. The van der Waals surface area contributed by atoms with E-state index in [9.17, 15) is 5.11 Å². The molecule has 3 aromatic rings. The van der Waals surface area contributed by atoms with E-state index in [0.29, 0.717) is 23.8 Å². The Bertz CT molecular complexity index is 880. The summed E-state index contributed by atoms with van der Waals surface area (Å²) in [5, 5.41) is 12.3. The van der Waals surface area contributed by atoms with Gasteiger partial charge in [0.1, 0.15) is 11.3 Å². The topological polar surface area (TPSA) is 45.6 Å². The number of hydrogen-bond donors (Lipinski definition) is 1. The molecule has 1 unspecified atom stereocenters. The standard InChI is InChI=1S/C20H19ClN2O2/c21-17-13-16(20(24)18-15(17)7-4-8-22-18)19(14-5-2-1-3-6-14)23-9-11-25-12-10-23/h1-8,13,19,24H,9-12H2. The first-order valence-electron chi connectivity index (χ1n) is 8.38. The van der Waals surface area contributed by atoms with E-state index >= 15 is 0 Å². The molecular formula is C20H19ClN2O2. The quantitative estimate of drug-likeness (QED) is 0.771. The minimum Gasteiger partial charge on any atom is -0.505 e. The van der Waals surface area contributed by atoms with E-state index in [0.717, 1.165) is 29.6 Å². The highest BCUT2D eigenvalue weighted by Gasteiger charge is 2.28. The SMILES string of the molecule is Oc1c(C(c2ccccc2)N2CCOCC2)cc(Cl)c2cccnc12. The molecule has 0 radical (unpaired) electrons. The van der Waals surface area contributed by atoms with Gasteiger partial charge < -0.3 is 9.84 Å². The number of aromatic nitrogens is 1. The summed E-state index contributed by atoms with van der Waals surface area (Å²) in [6, 6.07) is 15.7. The monoisotopic (exact) mass is 354 g/mol. The molecule has 25 heavy (non-hydrogen) atoms. The van der Waals surface area contributed by atoms with Crippen LogP contribution in [-0.4, -0.2) is 41.3 Å². The van der Waals surface area contributed by atoms with Gasteiger partial charge in [-0.3, -0.25) is 9.88 Å². The van der Waals surface area contributed by atoms with Crippen molar-refractivity contribution in [2.24, 2.45) is 0 Å². The van der Waals surface area contributed by atoms with Crippen molar-refractivity contribution in [1.29, 1.82) is 0 Å². The molecule has 4 nitrogen and oxygen atoms in total. The molecule has 128 valence electrons. The van der Waals surface area contributed by atoms with Crippen molar-refractivity contribution in [1.82, 2.24) is 9.88 Å². The fourth-order valence-corrected chi connectivity index (χ4v) is 3.74. The van der Waals surface area contributed by atoms with Crippen LogP contribution in [0.25, 0.3) is 10.9 Å². The Kier molecular flexibility index (Phi) is 4.57. The number of halogens is 1. The Morgan fingerprint density at radius 3 is 2.60 bits per heavy atom. The highest BCUT2D eigenvalue weighted by molar-refractivity contribution is 6.35. The van der Waals surface area contributed by atoms with Crippen LogP contribution < -0.4 is 0 Å². The van der Waals surface area contributed by atoms with Gasteiger partial charge in [-0.05, 0) is 23.8 Å². The van der Waals surface area contributed by atoms with E-state index < -0.39 is 0 Å². The number of pyridine rings is 1. The largest absolute Gasteiger partial charge is 0.505 e. The number of ether oxygens (including phenoxy) is 1. The molecule has 2 aromatic carbocycles. The van der Waals surface area contributed by atoms with E-state index in [-0.39, 0.29) is 11.8 Å². The number of nitrogens with zero attached hydrogens (tertiary/aromatic N) is 2. The summed E-state index contributed by atoms with van der Waals surface area (Å²) < 4.78 is 5.50. The van der Waals surface area contributed by atoms with Crippen molar-refractivity contribution in [2.75, 3.05) is 26.3 Å². The van der Waals surface area contributed by atoms with Gasteiger partial charge in [0.2, 0.25) is 0 Å². The molecule has 1 saturated heterocycles. The predicted octanol–water partition coefficient (Wildman–Crippen LogP) is 4.02. The Hall–Kier alpha value is -2.14. The van der Waals surface area contributed by atoms with Gasteiger partial charge in [0, 0.05) is 30.2 Å². The first kappa shape index (κ1) is 16.3. The van der Waals surface area contributed by atoms with Crippen molar-refractivity contribution in [3.8, 4) is 5.75 Å². The summed E-state index contributed by atoms with van der Waals surface area (Å²) >= 11 is 6.51. The van der Waals surface area contributed by atoms with Crippen molar-refractivity contribution < 1.29 is 9.84 Å². The lowest BCUT2D eigenvalue weighted by Crippen LogP contribution is -2.39. The van der Waals surface area contributed by atoms with Crippen molar-refractivity contribution >= 4 is 22.5 Å². The molecule has 5 heteroatoms. The average Bonchev–Trinajstić information content (AvgIpc) is 2.68. The predicted molar refractivity (Wildman–Crippen MR) is 99.1 cm³/mol. The lowest BCUT2D eigenvalue weighted by Gasteiger charge is -2.35. The van der Waals surface area contributed by atoms with Crippen LogP contribution in [0.15, 0.2) is 54.7 Å². The summed E-state index contributed by atoms with van der Waals surface area (Å²) in [7, 11) is 0. The van der Waals surface area contributed by atoms with Gasteiger partial charge in [-0.1, -0.05) is 41.9 Å². The van der Waals surface area contributed by atoms with Crippen LogP contribution in [0.1, 0.15) is 17.2 Å². The third-order valence-corrected chi connectivity index (χ3v) is 4.98. The van der Waals surface area contributed by atoms with E-state index in [1.54, 1.807) is 6.20 Å². The molecular weight excluding hydrogens is 336 g/mol. The van der Waals surface area contributed by atoms with Gasteiger partial charge in [0.25, 0.3) is 0 Å². The van der Waals surface area contributed by atoms with Crippen LogP contribution in [0, 0.1) is 0 Å². The van der Waals surface area contributed by atoms with Crippen molar-refractivity contribution in [3.05, 3.63) is 70.9 Å². The molecule has 4 rings (SSSR count). The van der Waals surface area contributed by atoms with Gasteiger partial charge >= 0.3 is 0 Å². The van der Waals surface area contributed by atoms with Crippen molar-refractivity contribution in [3.63, 3.8) is 0 Å². The molecule has 0 saturated carbocycles. The Morgan fingerprint density at radius 1 is 1.08 bits per heavy atom. The first-order chi connectivity index (χ1) is 12.3. The molecule has 1 aliphatic heterocycles. The van der Waals surface area contributed by atoms with Crippen LogP contribution in [0.5, 0.6) is 5.75 Å². The van der Waals surface area contributed by atoms with Crippen LogP contribution in [0.3, 0.4) is 0 Å². The zero-order valence-electron chi connectivity index (χ0n) is 13.7. The third-order valence-electron chi connectivity index (χ3n) is 4.67. The summed E-state index contributed by atoms with van der Waals surface area (Å²) in [4.78, 5) is 6.66. The lowest BCUT2D eigenvalue weighted by atomic mass is 9.94. The van der Waals surface area contributed by atoms with Crippen LogP contribution in [-0.2, 0) is 4.74 Å². The zero-order chi connectivity index (χ0) is 17.2. The molecule has 1 aromatic heterocycles. The second-order valence-electron chi connectivity index (χ2n) is 6.16. The summed E-state index contributed by atoms with van der Waals surface area (Å²) in [5.74, 6) is 0.195. The molecule has 0 aliphatic carbocycles. The number of phenolic OH excluding ortho intramolecular Hbond substituents is 1. The van der Waals surface area contributed by atoms with E-state index in [2.05, 4.69) is 22.0 Å². The highest BCUT2D eigenvalue weighted by atomic mass is 35.5. The second kappa shape index (κ2) is 7.00. The first-order valence-corrected chi connectivity index (χ1v) is 8.76. The summed E-state index contributed by atoms with van der Waals surface area (Å²) in [5.41, 5.74) is 2.44. The van der Waals surface area contributed by atoms with Gasteiger partial charge in [-0.25, -0.2) is 0 Å². The highest BCUT2D eigenvalue weighted by Crippen LogP contribution is 2.40. The smallest absolute Gasteiger partial charge is 0.147 e. The third kappa shape index (κ3) is 3.09. The molecule has 0 spiro atoms. The number of aromatic hydroxyl groups is 1. The zero-order valence-corrected chi connectivity index (χ0v) is 14.5. The lowest BCUT2D eigenvalue weighted by molar-refractivity contribution is 0.0236.